The molecule has 1 fully saturated rings. The van der Waals surface area contributed by atoms with Gasteiger partial charge in [0.25, 0.3) is 0 Å². The highest BCUT2D eigenvalue weighted by Crippen LogP contribution is 2.32. The van der Waals surface area contributed by atoms with E-state index in [-0.39, 0.29) is 23.5 Å². The molecule has 1 N–H and O–H groups in total. The number of amides is 2. The predicted molar refractivity (Wildman–Crippen MR) is 133 cm³/mol. The van der Waals surface area contributed by atoms with E-state index in [0.29, 0.717) is 34.7 Å². The topological polar surface area (TPSA) is 66.5 Å². The lowest BCUT2D eigenvalue weighted by atomic mass is 9.81. The number of piperidine rings is 1. The van der Waals surface area contributed by atoms with Crippen molar-refractivity contribution in [2.75, 3.05) is 18.4 Å². The smallest absolute Gasteiger partial charge is 0.228 e. The van der Waals surface area contributed by atoms with Crippen molar-refractivity contribution in [1.29, 1.82) is 0 Å². The lowest BCUT2D eigenvalue weighted by Gasteiger charge is -2.34. The van der Waals surface area contributed by atoms with E-state index in [2.05, 4.69) is 21.2 Å². The summed E-state index contributed by atoms with van der Waals surface area (Å²) in [6.45, 7) is 1.52. The van der Waals surface area contributed by atoms with E-state index in [0.717, 1.165) is 36.8 Å². The molecule has 2 aromatic rings. The van der Waals surface area contributed by atoms with Gasteiger partial charge in [-0.1, -0.05) is 51.8 Å². The van der Waals surface area contributed by atoms with Crippen LogP contribution in [0.1, 0.15) is 48.0 Å². The number of hydrogen-bond acceptors (Lipinski definition) is 3. The van der Waals surface area contributed by atoms with E-state index in [1.807, 2.05) is 17.1 Å². The fourth-order valence-corrected chi connectivity index (χ4v) is 5.14. The van der Waals surface area contributed by atoms with Gasteiger partial charge in [0.2, 0.25) is 11.8 Å². The summed E-state index contributed by atoms with van der Waals surface area (Å²) in [5.41, 5.74) is 1.12. The van der Waals surface area contributed by atoms with Crippen LogP contribution in [0.2, 0.25) is 5.02 Å². The third-order valence-electron chi connectivity index (χ3n) is 6.36. The molecule has 2 aliphatic rings. The van der Waals surface area contributed by atoms with Gasteiger partial charge in [0.15, 0.2) is 5.78 Å². The number of ketones is 1. The Morgan fingerprint density at radius 3 is 2.33 bits per heavy atom. The number of anilines is 1. The number of allylic oxidation sites excluding steroid dienone is 2. The summed E-state index contributed by atoms with van der Waals surface area (Å²) in [5, 5.41) is 3.29. The molecule has 1 aliphatic heterocycles. The van der Waals surface area contributed by atoms with Crippen LogP contribution >= 0.6 is 27.5 Å². The van der Waals surface area contributed by atoms with Gasteiger partial charge in [-0.25, -0.2) is 0 Å². The summed E-state index contributed by atoms with van der Waals surface area (Å²) in [6, 6.07) is 12.0. The van der Waals surface area contributed by atoms with E-state index >= 15 is 0 Å². The normalized spacial score (nSPS) is 20.4. The van der Waals surface area contributed by atoms with Crippen molar-refractivity contribution in [3.05, 3.63) is 75.2 Å². The number of nitrogens with zero attached hydrogens (tertiary/aromatic N) is 1. The van der Waals surface area contributed by atoms with Gasteiger partial charge >= 0.3 is 0 Å². The average Bonchev–Trinajstić information content (AvgIpc) is 2.85. The number of carbonyl (C=O) groups excluding carboxylic acids is 3. The summed E-state index contributed by atoms with van der Waals surface area (Å²) in [5.74, 6) is -1.32. The molecule has 1 heterocycles. The maximum Gasteiger partial charge on any atom is 0.228 e. The first-order valence-corrected chi connectivity index (χ1v) is 12.5. The minimum Gasteiger partial charge on any atom is -0.342 e. The number of benzene rings is 2. The standard InChI is InChI=1S/C26H26BrClN2O3/c27-17-12-13-23(21(16-17)24(31)20-10-4-5-11-22(20)28)29-25(32)18-8-2-3-9-19(18)26(33)30-14-6-1-7-15-30/h2-5,10-13,16,18-19H,1,6-9,14-15H2,(H,29,32). The Balaban J connectivity index is 1.57. The van der Waals surface area contributed by atoms with Gasteiger partial charge in [0.05, 0.1) is 22.5 Å². The van der Waals surface area contributed by atoms with Gasteiger partial charge in [-0.15, -0.1) is 0 Å². The summed E-state index contributed by atoms with van der Waals surface area (Å²) < 4.78 is 0.717. The lowest BCUT2D eigenvalue weighted by Crippen LogP contribution is -2.45. The van der Waals surface area contributed by atoms with E-state index in [1.165, 1.54) is 0 Å². The lowest BCUT2D eigenvalue weighted by molar-refractivity contribution is -0.141. The number of rotatable bonds is 5. The molecule has 5 nitrogen and oxygen atoms in total. The van der Waals surface area contributed by atoms with Crippen LogP contribution in [0, 0.1) is 11.8 Å². The first-order valence-electron chi connectivity index (χ1n) is 11.3. The molecule has 0 radical (unpaired) electrons. The fraction of sp³-hybridized carbons (Fsp3) is 0.346. The Kier molecular flexibility index (Phi) is 7.66. The number of hydrogen-bond donors (Lipinski definition) is 1. The minimum atomic E-state index is -0.476. The van der Waals surface area contributed by atoms with E-state index < -0.39 is 5.92 Å². The molecule has 172 valence electrons. The average molecular weight is 530 g/mol. The van der Waals surface area contributed by atoms with Crippen LogP contribution < -0.4 is 5.32 Å². The van der Waals surface area contributed by atoms with Crippen LogP contribution in [0.25, 0.3) is 0 Å². The summed E-state index contributed by atoms with van der Waals surface area (Å²) in [4.78, 5) is 41.7. The van der Waals surface area contributed by atoms with Crippen molar-refractivity contribution in [1.82, 2.24) is 4.90 Å². The molecule has 0 bridgehead atoms. The molecule has 1 aliphatic carbocycles. The molecule has 1 saturated heterocycles. The van der Waals surface area contributed by atoms with Gasteiger partial charge in [-0.2, -0.15) is 0 Å². The van der Waals surface area contributed by atoms with Crippen LogP contribution in [0.4, 0.5) is 5.69 Å². The van der Waals surface area contributed by atoms with Crippen LogP contribution in [0.15, 0.2) is 59.1 Å². The maximum absolute atomic E-state index is 13.4. The Morgan fingerprint density at radius 2 is 1.61 bits per heavy atom. The quantitative estimate of drug-likeness (QED) is 0.389. The monoisotopic (exact) mass is 528 g/mol. The van der Waals surface area contributed by atoms with Gasteiger partial charge in [-0.3, -0.25) is 14.4 Å². The highest BCUT2D eigenvalue weighted by molar-refractivity contribution is 9.10. The molecule has 7 heteroatoms. The highest BCUT2D eigenvalue weighted by Gasteiger charge is 2.37. The van der Waals surface area contributed by atoms with Gasteiger partial charge < -0.3 is 10.2 Å². The maximum atomic E-state index is 13.4. The molecule has 2 unspecified atom stereocenters. The predicted octanol–water partition coefficient (Wildman–Crippen LogP) is 5.87. The third-order valence-corrected chi connectivity index (χ3v) is 7.18. The zero-order chi connectivity index (χ0) is 23.4. The second-order valence-electron chi connectivity index (χ2n) is 8.53. The second-order valence-corrected chi connectivity index (χ2v) is 9.85. The molecule has 33 heavy (non-hydrogen) atoms. The first kappa shape index (κ1) is 23.7. The first-order chi connectivity index (χ1) is 16.0. The van der Waals surface area contributed by atoms with E-state index in [4.69, 9.17) is 11.6 Å². The Labute approximate surface area is 207 Å². The Morgan fingerprint density at radius 1 is 0.909 bits per heavy atom. The molecule has 2 amide bonds. The van der Waals surface area contributed by atoms with Crippen LogP contribution in [0.5, 0.6) is 0 Å². The molecular weight excluding hydrogens is 504 g/mol. The van der Waals surface area contributed by atoms with Crippen LogP contribution in [-0.2, 0) is 9.59 Å². The molecule has 0 saturated carbocycles. The number of halogens is 2. The van der Waals surface area contributed by atoms with Crippen molar-refractivity contribution in [2.45, 2.75) is 32.1 Å². The van der Waals surface area contributed by atoms with Crippen molar-refractivity contribution in [3.63, 3.8) is 0 Å². The molecule has 0 spiro atoms. The SMILES string of the molecule is O=C(c1ccccc1Cl)c1cc(Br)ccc1NC(=O)C1CC=CCC1C(=O)N1CCCCC1. The van der Waals surface area contributed by atoms with E-state index in [9.17, 15) is 14.4 Å². The zero-order valence-corrected chi connectivity index (χ0v) is 20.6. The third kappa shape index (κ3) is 5.39. The largest absolute Gasteiger partial charge is 0.342 e. The molecular formula is C26H26BrClN2O3. The van der Waals surface area contributed by atoms with Gasteiger partial charge in [0, 0.05) is 28.7 Å². The Bertz CT molecular complexity index is 1090. The van der Waals surface area contributed by atoms with Crippen molar-refractivity contribution in [2.24, 2.45) is 11.8 Å². The highest BCUT2D eigenvalue weighted by atomic mass is 79.9. The summed E-state index contributed by atoms with van der Waals surface area (Å²) in [6.07, 6.45) is 8.17. The number of carbonyl (C=O) groups is 3. The Hall–Kier alpha value is -2.44. The van der Waals surface area contributed by atoms with Gasteiger partial charge in [-0.05, 0) is 62.4 Å². The van der Waals surface area contributed by atoms with E-state index in [1.54, 1.807) is 42.5 Å². The summed E-state index contributed by atoms with van der Waals surface area (Å²) in [7, 11) is 0. The van der Waals surface area contributed by atoms with Crippen molar-refractivity contribution < 1.29 is 14.4 Å². The molecule has 2 atom stereocenters. The molecule has 4 rings (SSSR count). The number of nitrogens with one attached hydrogen (secondary N) is 1. The van der Waals surface area contributed by atoms with Crippen molar-refractivity contribution in [3.8, 4) is 0 Å². The van der Waals surface area contributed by atoms with Crippen LogP contribution in [-0.4, -0.2) is 35.6 Å². The number of likely N-dealkylation sites (tertiary alicyclic amines) is 1. The molecule has 2 aromatic carbocycles. The zero-order valence-electron chi connectivity index (χ0n) is 18.2. The minimum absolute atomic E-state index is 0.0578. The molecule has 0 aromatic heterocycles. The van der Waals surface area contributed by atoms with Gasteiger partial charge in [0.1, 0.15) is 0 Å². The van der Waals surface area contributed by atoms with Crippen molar-refractivity contribution >= 4 is 50.8 Å². The fourth-order valence-electron chi connectivity index (χ4n) is 4.55. The summed E-state index contributed by atoms with van der Waals surface area (Å²) >= 11 is 9.66. The van der Waals surface area contributed by atoms with Crippen LogP contribution in [0.3, 0.4) is 0 Å². The second kappa shape index (κ2) is 10.7.